The molecule has 2 aromatic heterocycles. The highest BCUT2D eigenvalue weighted by atomic mass is 19.1. The zero-order chi connectivity index (χ0) is 24.2. The van der Waals surface area contributed by atoms with E-state index in [1.807, 2.05) is 53.0 Å². The highest BCUT2D eigenvalue weighted by molar-refractivity contribution is 5.96. The van der Waals surface area contributed by atoms with Crippen LogP contribution in [-0.2, 0) is 6.54 Å². The number of ether oxygens (including phenoxy) is 1. The van der Waals surface area contributed by atoms with Gasteiger partial charge in [0.25, 0.3) is 5.91 Å². The van der Waals surface area contributed by atoms with Gasteiger partial charge >= 0.3 is 0 Å². The van der Waals surface area contributed by atoms with Crippen molar-refractivity contribution < 1.29 is 13.9 Å². The molecule has 1 amide bonds. The van der Waals surface area contributed by atoms with Crippen molar-refractivity contribution in [2.45, 2.75) is 38.8 Å². The smallest absolute Gasteiger partial charge is 0.254 e. The number of aromatic nitrogens is 4. The fourth-order valence-electron chi connectivity index (χ4n) is 4.42. The topological polar surface area (TPSA) is 73.1 Å². The van der Waals surface area contributed by atoms with Gasteiger partial charge in [0.05, 0.1) is 12.6 Å². The molecule has 35 heavy (non-hydrogen) atoms. The van der Waals surface area contributed by atoms with Gasteiger partial charge < -0.3 is 9.64 Å². The molecule has 3 heterocycles. The number of likely N-dealkylation sites (tertiary alicyclic amines) is 1. The van der Waals surface area contributed by atoms with Gasteiger partial charge in [-0.2, -0.15) is 10.1 Å². The molecule has 7 nitrogen and oxygen atoms in total. The highest BCUT2D eigenvalue weighted by Gasteiger charge is 2.32. The van der Waals surface area contributed by atoms with E-state index in [0.29, 0.717) is 36.1 Å². The summed E-state index contributed by atoms with van der Waals surface area (Å²) in [6.07, 6.45) is 6.29. The number of rotatable bonds is 6. The molecule has 0 aliphatic carbocycles. The third kappa shape index (κ3) is 5.21. The summed E-state index contributed by atoms with van der Waals surface area (Å²) in [6.45, 7) is 3.02. The maximum absolute atomic E-state index is 13.8. The molecule has 178 valence electrons. The first kappa shape index (κ1) is 22.7. The molecule has 1 atom stereocenters. The van der Waals surface area contributed by atoms with Gasteiger partial charge in [0.15, 0.2) is 5.82 Å². The molecule has 1 fully saturated rings. The van der Waals surface area contributed by atoms with Crippen molar-refractivity contribution in [2.24, 2.45) is 0 Å². The van der Waals surface area contributed by atoms with Crippen molar-refractivity contribution in [3.8, 4) is 11.6 Å². The lowest BCUT2D eigenvalue weighted by Gasteiger charge is -2.35. The first-order valence-electron chi connectivity index (χ1n) is 11.7. The summed E-state index contributed by atoms with van der Waals surface area (Å²) >= 11 is 0. The molecule has 0 spiro atoms. The number of aryl methyl sites for hydroxylation is 1. The summed E-state index contributed by atoms with van der Waals surface area (Å²) in [5, 5.41) is 4.28. The van der Waals surface area contributed by atoms with Gasteiger partial charge in [-0.15, -0.1) is 0 Å². The van der Waals surface area contributed by atoms with Gasteiger partial charge in [-0.3, -0.25) is 9.48 Å². The number of carbonyl (C=O) groups is 1. The van der Waals surface area contributed by atoms with Crippen LogP contribution in [0.2, 0.25) is 0 Å². The number of carbonyl (C=O) groups excluding carboxylic acids is 1. The SMILES string of the molecule is Cc1cc(Oc2ccc(F)cc2)nc([C@@H]2CCCCN2C(=O)c2ccccc2Cn2cccn2)n1. The Labute approximate surface area is 203 Å². The lowest BCUT2D eigenvalue weighted by Crippen LogP contribution is -2.39. The second-order valence-electron chi connectivity index (χ2n) is 8.63. The Morgan fingerprint density at radius 3 is 2.71 bits per heavy atom. The Morgan fingerprint density at radius 2 is 1.91 bits per heavy atom. The first-order valence-corrected chi connectivity index (χ1v) is 11.7. The molecule has 4 aromatic rings. The monoisotopic (exact) mass is 471 g/mol. The summed E-state index contributed by atoms with van der Waals surface area (Å²) < 4.78 is 20.9. The van der Waals surface area contributed by atoms with Crippen molar-refractivity contribution in [3.05, 3.63) is 102 Å². The Bertz CT molecular complexity index is 1310. The number of hydrogen-bond donors (Lipinski definition) is 0. The zero-order valence-corrected chi connectivity index (χ0v) is 19.5. The molecule has 0 bridgehead atoms. The maximum Gasteiger partial charge on any atom is 0.254 e. The third-order valence-corrected chi connectivity index (χ3v) is 6.09. The second kappa shape index (κ2) is 10.0. The molecule has 0 N–H and O–H groups in total. The van der Waals surface area contributed by atoms with Crippen LogP contribution in [0, 0.1) is 12.7 Å². The van der Waals surface area contributed by atoms with Crippen LogP contribution in [0.5, 0.6) is 11.6 Å². The van der Waals surface area contributed by atoms with E-state index < -0.39 is 0 Å². The third-order valence-electron chi connectivity index (χ3n) is 6.09. The average molecular weight is 472 g/mol. The Balaban J connectivity index is 1.43. The van der Waals surface area contributed by atoms with Gasteiger partial charge in [0.2, 0.25) is 5.88 Å². The maximum atomic E-state index is 13.8. The van der Waals surface area contributed by atoms with Crippen LogP contribution in [-0.4, -0.2) is 37.1 Å². The molecular formula is C27H26FN5O2. The van der Waals surface area contributed by atoms with Crippen LogP contribution in [0.4, 0.5) is 4.39 Å². The van der Waals surface area contributed by atoms with Gasteiger partial charge in [-0.25, -0.2) is 9.37 Å². The largest absolute Gasteiger partial charge is 0.439 e. The quantitative estimate of drug-likeness (QED) is 0.380. The van der Waals surface area contributed by atoms with E-state index in [0.717, 1.165) is 30.5 Å². The zero-order valence-electron chi connectivity index (χ0n) is 19.5. The van der Waals surface area contributed by atoms with E-state index in [2.05, 4.69) is 15.1 Å². The van der Waals surface area contributed by atoms with E-state index in [9.17, 15) is 9.18 Å². The molecular weight excluding hydrogens is 445 g/mol. The summed E-state index contributed by atoms with van der Waals surface area (Å²) in [5.74, 6) is 1.04. The van der Waals surface area contributed by atoms with Crippen molar-refractivity contribution >= 4 is 5.91 Å². The molecule has 5 rings (SSSR count). The van der Waals surface area contributed by atoms with Gasteiger partial charge in [-0.05, 0) is 68.1 Å². The number of nitrogens with zero attached hydrogens (tertiary/aromatic N) is 5. The Hall–Kier alpha value is -4.07. The van der Waals surface area contributed by atoms with E-state index >= 15 is 0 Å². The molecule has 0 unspecified atom stereocenters. The Morgan fingerprint density at radius 1 is 1.09 bits per heavy atom. The van der Waals surface area contributed by atoms with Crippen molar-refractivity contribution in [2.75, 3.05) is 6.54 Å². The molecule has 1 aliphatic rings. The van der Waals surface area contributed by atoms with Crippen LogP contribution in [0.3, 0.4) is 0 Å². The normalized spacial score (nSPS) is 15.7. The van der Waals surface area contributed by atoms with Crippen molar-refractivity contribution in [1.82, 2.24) is 24.6 Å². The summed E-state index contributed by atoms with van der Waals surface area (Å²) in [4.78, 5) is 25.0. The van der Waals surface area contributed by atoms with Crippen molar-refractivity contribution in [1.29, 1.82) is 0 Å². The van der Waals surface area contributed by atoms with Crippen LogP contribution < -0.4 is 4.74 Å². The van der Waals surface area contributed by atoms with Crippen LogP contribution in [0.15, 0.2) is 73.1 Å². The summed E-state index contributed by atoms with van der Waals surface area (Å²) in [5.41, 5.74) is 2.31. The van der Waals surface area contributed by atoms with Gasteiger partial charge in [0, 0.05) is 36.3 Å². The minimum atomic E-state index is -0.332. The molecule has 0 radical (unpaired) electrons. The number of halogens is 1. The predicted molar refractivity (Wildman–Crippen MR) is 129 cm³/mol. The standard InChI is InChI=1S/C27H26FN5O2/c1-19-17-25(35-22-12-10-21(28)11-13-22)31-26(30-19)24-9-4-5-16-33(24)27(34)23-8-3-2-7-20(23)18-32-15-6-14-29-32/h2-3,6-8,10-15,17,24H,4-5,9,16,18H2,1H3/t24-/m0/s1. The number of amides is 1. The fraction of sp³-hybridized carbons (Fsp3) is 0.259. The Kier molecular flexibility index (Phi) is 6.52. The highest BCUT2D eigenvalue weighted by Crippen LogP contribution is 2.32. The first-order chi connectivity index (χ1) is 17.1. The summed E-state index contributed by atoms with van der Waals surface area (Å²) in [7, 11) is 0. The molecule has 1 aliphatic heterocycles. The predicted octanol–water partition coefficient (Wildman–Crippen LogP) is 5.33. The number of benzene rings is 2. The lowest BCUT2D eigenvalue weighted by atomic mass is 9.98. The lowest BCUT2D eigenvalue weighted by molar-refractivity contribution is 0.0597. The van der Waals surface area contributed by atoms with E-state index in [1.165, 1.54) is 12.1 Å². The van der Waals surface area contributed by atoms with E-state index in [4.69, 9.17) is 4.74 Å². The summed E-state index contributed by atoms with van der Waals surface area (Å²) in [6, 6.07) is 16.8. The van der Waals surface area contributed by atoms with Crippen LogP contribution >= 0.6 is 0 Å². The molecule has 8 heteroatoms. The van der Waals surface area contributed by atoms with E-state index in [-0.39, 0.29) is 17.8 Å². The number of piperidine rings is 1. The van der Waals surface area contributed by atoms with Gasteiger partial charge in [0.1, 0.15) is 11.6 Å². The van der Waals surface area contributed by atoms with Crippen molar-refractivity contribution in [3.63, 3.8) is 0 Å². The van der Waals surface area contributed by atoms with Crippen LogP contribution in [0.1, 0.15) is 52.7 Å². The molecule has 1 saturated heterocycles. The second-order valence-corrected chi connectivity index (χ2v) is 8.63. The van der Waals surface area contributed by atoms with Gasteiger partial charge in [-0.1, -0.05) is 18.2 Å². The minimum Gasteiger partial charge on any atom is -0.439 e. The fourth-order valence-corrected chi connectivity index (χ4v) is 4.42. The minimum absolute atomic E-state index is 0.0384. The van der Waals surface area contributed by atoms with Crippen LogP contribution in [0.25, 0.3) is 0 Å². The van der Waals surface area contributed by atoms with E-state index in [1.54, 1.807) is 24.4 Å². The average Bonchev–Trinajstić information content (AvgIpc) is 3.38. The molecule has 0 saturated carbocycles. The molecule has 2 aromatic carbocycles. The number of hydrogen-bond acceptors (Lipinski definition) is 5.